The van der Waals surface area contributed by atoms with Crippen LogP contribution in [0.15, 0.2) is 0 Å². The van der Waals surface area contributed by atoms with Crippen molar-refractivity contribution in [3.63, 3.8) is 0 Å². The van der Waals surface area contributed by atoms with Gasteiger partial charge in [0, 0.05) is 0 Å². The molecule has 0 bridgehead atoms. The minimum Gasteiger partial charge on any atom is -0.228 e. The van der Waals surface area contributed by atoms with Crippen molar-refractivity contribution in [3.05, 3.63) is 0 Å². The monoisotopic (exact) mass is 177 g/mol. The van der Waals surface area contributed by atoms with Crippen LogP contribution < -0.4 is 5.14 Å². The van der Waals surface area contributed by atoms with Crippen molar-refractivity contribution in [2.75, 3.05) is 0 Å². The first-order chi connectivity index (χ1) is 5.00. The van der Waals surface area contributed by atoms with Gasteiger partial charge in [-0.1, -0.05) is 19.8 Å². The van der Waals surface area contributed by atoms with Gasteiger partial charge in [0.25, 0.3) is 0 Å². The quantitative estimate of drug-likeness (QED) is 0.645. The van der Waals surface area contributed by atoms with Crippen LogP contribution in [0.5, 0.6) is 0 Å². The molecule has 0 aromatic rings. The van der Waals surface area contributed by atoms with Gasteiger partial charge in [-0.25, -0.2) is 13.6 Å². The van der Waals surface area contributed by atoms with Crippen LogP contribution in [0, 0.1) is 5.92 Å². The molecule has 3 nitrogen and oxygen atoms in total. The molecule has 1 aliphatic carbocycles. The molecular formula is C7H15NO2S. The molecule has 11 heavy (non-hydrogen) atoms. The summed E-state index contributed by atoms with van der Waals surface area (Å²) in [7, 11) is -3.26. The summed E-state index contributed by atoms with van der Waals surface area (Å²) in [5.41, 5.74) is 0. The first-order valence-corrected chi connectivity index (χ1v) is 5.62. The third-order valence-corrected chi connectivity index (χ3v) is 3.71. The van der Waals surface area contributed by atoms with Gasteiger partial charge < -0.3 is 0 Å². The molecule has 1 saturated carbocycles. The lowest BCUT2D eigenvalue weighted by atomic mass is 9.91. The van der Waals surface area contributed by atoms with Gasteiger partial charge in [-0.3, -0.25) is 0 Å². The van der Waals surface area contributed by atoms with Gasteiger partial charge in [0.15, 0.2) is 0 Å². The van der Waals surface area contributed by atoms with Gasteiger partial charge in [0.05, 0.1) is 5.25 Å². The van der Waals surface area contributed by atoms with Crippen LogP contribution in [0.2, 0.25) is 0 Å². The Bertz CT molecular complexity index is 223. The molecule has 1 rings (SSSR count). The molecule has 0 saturated heterocycles. The summed E-state index contributed by atoms with van der Waals surface area (Å²) in [5, 5.41) is 4.77. The average molecular weight is 177 g/mol. The molecule has 0 radical (unpaired) electrons. The minimum absolute atomic E-state index is 0.272. The van der Waals surface area contributed by atoms with E-state index in [0.717, 1.165) is 25.7 Å². The molecule has 0 aromatic heterocycles. The lowest BCUT2D eigenvalue weighted by Crippen LogP contribution is -2.32. The molecule has 0 amide bonds. The van der Waals surface area contributed by atoms with Crippen molar-refractivity contribution >= 4 is 10.0 Å². The van der Waals surface area contributed by atoms with Gasteiger partial charge in [-0.05, 0) is 18.8 Å². The normalized spacial score (nSPS) is 33.6. The summed E-state index contributed by atoms with van der Waals surface area (Å²) in [5.74, 6) is 0.520. The van der Waals surface area contributed by atoms with E-state index < -0.39 is 10.0 Å². The number of rotatable bonds is 1. The average Bonchev–Trinajstić information content (AvgIpc) is 1.86. The predicted molar refractivity (Wildman–Crippen MR) is 44.5 cm³/mol. The smallest absolute Gasteiger partial charge is 0.211 e. The molecule has 2 unspecified atom stereocenters. The van der Waals surface area contributed by atoms with Crippen molar-refractivity contribution in [2.24, 2.45) is 11.1 Å². The second kappa shape index (κ2) is 3.11. The molecular weight excluding hydrogens is 162 g/mol. The molecule has 4 heteroatoms. The summed E-state index contributed by atoms with van der Waals surface area (Å²) in [4.78, 5) is 0. The number of sulfonamides is 1. The lowest BCUT2D eigenvalue weighted by Gasteiger charge is -2.24. The highest BCUT2D eigenvalue weighted by Crippen LogP contribution is 2.26. The number of hydrogen-bond donors (Lipinski definition) is 1. The van der Waals surface area contributed by atoms with E-state index in [2.05, 4.69) is 6.92 Å². The third-order valence-electron chi connectivity index (χ3n) is 2.35. The van der Waals surface area contributed by atoms with E-state index in [1.807, 2.05) is 0 Å². The molecule has 1 fully saturated rings. The third kappa shape index (κ3) is 2.45. The second-order valence-corrected chi connectivity index (χ2v) is 5.33. The molecule has 0 spiro atoms. The van der Waals surface area contributed by atoms with E-state index in [0.29, 0.717) is 5.92 Å². The molecule has 2 N–H and O–H groups in total. The van der Waals surface area contributed by atoms with Gasteiger partial charge in [0.2, 0.25) is 10.0 Å². The fraction of sp³-hybridized carbons (Fsp3) is 1.00. The standard InChI is InChI=1S/C7H15NO2S/c1-6-3-2-4-7(5-6)11(8,9)10/h6-7H,2-5H2,1H3,(H2,8,9,10). The molecule has 0 aromatic carbocycles. The Labute approximate surface area is 68.0 Å². The van der Waals surface area contributed by atoms with Crippen LogP contribution in [-0.2, 0) is 10.0 Å². The Morgan fingerprint density at radius 2 is 2.00 bits per heavy atom. The van der Waals surface area contributed by atoms with Crippen LogP contribution in [0.25, 0.3) is 0 Å². The largest absolute Gasteiger partial charge is 0.228 e. The Hall–Kier alpha value is -0.0900. The molecule has 0 aliphatic heterocycles. The maximum atomic E-state index is 10.9. The van der Waals surface area contributed by atoms with Crippen LogP contribution >= 0.6 is 0 Å². The van der Waals surface area contributed by atoms with Crippen molar-refractivity contribution in [1.29, 1.82) is 0 Å². The van der Waals surface area contributed by atoms with E-state index >= 15 is 0 Å². The van der Waals surface area contributed by atoms with E-state index in [1.54, 1.807) is 0 Å². The van der Waals surface area contributed by atoms with Gasteiger partial charge in [0.1, 0.15) is 0 Å². The van der Waals surface area contributed by atoms with Gasteiger partial charge in [-0.15, -0.1) is 0 Å². The maximum absolute atomic E-state index is 10.9. The van der Waals surface area contributed by atoms with Crippen LogP contribution in [-0.4, -0.2) is 13.7 Å². The molecule has 1 aliphatic rings. The second-order valence-electron chi connectivity index (χ2n) is 3.48. The summed E-state index contributed by atoms with van der Waals surface area (Å²) >= 11 is 0. The Morgan fingerprint density at radius 3 is 2.36 bits per heavy atom. The lowest BCUT2D eigenvalue weighted by molar-refractivity contribution is 0.382. The highest BCUT2D eigenvalue weighted by atomic mass is 32.2. The van der Waals surface area contributed by atoms with Gasteiger partial charge >= 0.3 is 0 Å². The Morgan fingerprint density at radius 1 is 1.36 bits per heavy atom. The fourth-order valence-electron chi connectivity index (χ4n) is 1.68. The summed E-state index contributed by atoms with van der Waals surface area (Å²) < 4.78 is 21.8. The van der Waals surface area contributed by atoms with E-state index in [4.69, 9.17) is 5.14 Å². The SMILES string of the molecule is CC1CCCC(S(N)(=O)=O)C1. The van der Waals surface area contributed by atoms with Crippen LogP contribution in [0.3, 0.4) is 0 Å². The zero-order valence-electron chi connectivity index (χ0n) is 6.79. The summed E-state index contributed by atoms with van der Waals surface area (Å²) in [6.07, 6.45) is 3.65. The topological polar surface area (TPSA) is 60.2 Å². The zero-order valence-corrected chi connectivity index (χ0v) is 7.60. The fourth-order valence-corrected chi connectivity index (χ4v) is 2.77. The molecule has 2 atom stereocenters. The van der Waals surface area contributed by atoms with E-state index in [-0.39, 0.29) is 5.25 Å². The first kappa shape index (κ1) is 9.00. The summed E-state index contributed by atoms with van der Waals surface area (Å²) in [6, 6.07) is 0. The number of hydrogen-bond acceptors (Lipinski definition) is 2. The Balaban J connectivity index is 2.60. The van der Waals surface area contributed by atoms with Crippen molar-refractivity contribution < 1.29 is 8.42 Å². The van der Waals surface area contributed by atoms with Gasteiger partial charge in [-0.2, -0.15) is 0 Å². The number of nitrogens with two attached hydrogens (primary N) is 1. The first-order valence-electron chi connectivity index (χ1n) is 4.02. The summed E-state index contributed by atoms with van der Waals surface area (Å²) in [6.45, 7) is 2.08. The van der Waals surface area contributed by atoms with Crippen LogP contribution in [0.4, 0.5) is 0 Å². The zero-order chi connectivity index (χ0) is 8.48. The highest BCUT2D eigenvalue weighted by Gasteiger charge is 2.26. The van der Waals surface area contributed by atoms with Crippen molar-refractivity contribution in [3.8, 4) is 0 Å². The predicted octanol–water partition coefficient (Wildman–Crippen LogP) is 0.854. The molecule has 66 valence electrons. The van der Waals surface area contributed by atoms with E-state index in [1.165, 1.54) is 0 Å². The number of primary sulfonamides is 1. The van der Waals surface area contributed by atoms with Crippen molar-refractivity contribution in [1.82, 2.24) is 0 Å². The highest BCUT2D eigenvalue weighted by molar-refractivity contribution is 7.89. The molecule has 0 heterocycles. The maximum Gasteiger partial charge on any atom is 0.211 e. The van der Waals surface area contributed by atoms with Crippen LogP contribution in [0.1, 0.15) is 32.6 Å². The minimum atomic E-state index is -3.26. The van der Waals surface area contributed by atoms with Crippen molar-refractivity contribution in [2.45, 2.75) is 37.9 Å². The Kier molecular flexibility index (Phi) is 2.54. The van der Waals surface area contributed by atoms with E-state index in [9.17, 15) is 8.42 Å².